The third kappa shape index (κ3) is 3.41. The van der Waals surface area contributed by atoms with E-state index in [4.69, 9.17) is 0 Å². The van der Waals surface area contributed by atoms with Gasteiger partial charge in [-0.15, -0.1) is 11.3 Å². The second-order valence-electron chi connectivity index (χ2n) is 3.66. The van der Waals surface area contributed by atoms with Crippen molar-refractivity contribution in [3.63, 3.8) is 0 Å². The van der Waals surface area contributed by atoms with Crippen LogP contribution >= 0.6 is 27.3 Å². The third-order valence-electron chi connectivity index (χ3n) is 2.37. The molecule has 3 nitrogen and oxygen atoms in total. The Bertz CT molecular complexity index is 609. The molecule has 1 heterocycles. The van der Waals surface area contributed by atoms with Crippen LogP contribution in [0.4, 0.5) is 0 Å². The predicted octanol–water partition coefficient (Wildman–Crippen LogP) is 3.03. The first kappa shape index (κ1) is 13.7. The number of benzene rings is 1. The van der Waals surface area contributed by atoms with Gasteiger partial charge >= 0.3 is 0 Å². The van der Waals surface area contributed by atoms with Crippen LogP contribution in [0.1, 0.15) is 4.88 Å². The maximum Gasteiger partial charge on any atom is 0.241 e. The summed E-state index contributed by atoms with van der Waals surface area (Å²) in [4.78, 5) is 1.45. The van der Waals surface area contributed by atoms with Crippen molar-refractivity contribution in [3.05, 3.63) is 51.1 Å². The van der Waals surface area contributed by atoms with Gasteiger partial charge in [0.25, 0.3) is 0 Å². The number of sulfonamides is 1. The maximum atomic E-state index is 12.0. The van der Waals surface area contributed by atoms with Crippen LogP contribution in [0, 0.1) is 0 Å². The molecule has 2 rings (SSSR count). The Balaban J connectivity index is 2.02. The van der Waals surface area contributed by atoms with E-state index in [9.17, 15) is 8.42 Å². The van der Waals surface area contributed by atoms with Crippen molar-refractivity contribution in [1.29, 1.82) is 0 Å². The number of hydrogen-bond donors (Lipinski definition) is 1. The second-order valence-corrected chi connectivity index (χ2v) is 7.28. The summed E-state index contributed by atoms with van der Waals surface area (Å²) in [6.07, 6.45) is 0.710. The molecule has 0 saturated heterocycles. The molecule has 0 atom stereocenters. The van der Waals surface area contributed by atoms with Crippen molar-refractivity contribution in [2.24, 2.45) is 0 Å². The molecule has 0 radical (unpaired) electrons. The fraction of sp³-hybridized carbons (Fsp3) is 0.167. The fourth-order valence-corrected chi connectivity index (χ4v) is 4.25. The zero-order valence-corrected chi connectivity index (χ0v) is 12.7. The molecule has 1 aromatic carbocycles. The van der Waals surface area contributed by atoms with Crippen LogP contribution < -0.4 is 4.72 Å². The molecule has 6 heteroatoms. The van der Waals surface area contributed by atoms with Crippen molar-refractivity contribution in [2.75, 3.05) is 6.54 Å². The minimum Gasteiger partial charge on any atom is -0.211 e. The van der Waals surface area contributed by atoms with Crippen LogP contribution in [-0.4, -0.2) is 15.0 Å². The van der Waals surface area contributed by atoms with Gasteiger partial charge in [-0.1, -0.05) is 18.2 Å². The Hall–Kier alpha value is -0.690. The van der Waals surface area contributed by atoms with E-state index in [0.717, 1.165) is 0 Å². The molecule has 0 spiro atoms. The molecule has 0 bridgehead atoms. The van der Waals surface area contributed by atoms with E-state index in [2.05, 4.69) is 20.7 Å². The molecule has 0 aliphatic heterocycles. The van der Waals surface area contributed by atoms with Crippen molar-refractivity contribution in [2.45, 2.75) is 11.3 Å². The normalized spacial score (nSPS) is 11.6. The summed E-state index contributed by atoms with van der Waals surface area (Å²) in [5.41, 5.74) is 0. The summed E-state index contributed by atoms with van der Waals surface area (Å²) < 4.78 is 27.3. The molecule has 0 aliphatic rings. The summed E-state index contributed by atoms with van der Waals surface area (Å²) >= 11 is 4.87. The summed E-state index contributed by atoms with van der Waals surface area (Å²) in [6, 6.07) is 10.7. The lowest BCUT2D eigenvalue weighted by Gasteiger charge is -2.07. The van der Waals surface area contributed by atoms with E-state index in [1.165, 1.54) is 4.88 Å². The Kier molecular flexibility index (Phi) is 4.55. The topological polar surface area (TPSA) is 46.2 Å². The molecule has 0 saturated carbocycles. The van der Waals surface area contributed by atoms with E-state index in [0.29, 0.717) is 17.4 Å². The first-order chi connectivity index (χ1) is 8.59. The van der Waals surface area contributed by atoms with Gasteiger partial charge in [-0.05, 0) is 45.9 Å². The number of halogens is 1. The lowest BCUT2D eigenvalue weighted by atomic mass is 10.3. The number of nitrogens with one attached hydrogen (secondary N) is 1. The van der Waals surface area contributed by atoms with Gasteiger partial charge < -0.3 is 0 Å². The van der Waals surface area contributed by atoms with E-state index in [-0.39, 0.29) is 4.90 Å². The zero-order valence-electron chi connectivity index (χ0n) is 9.47. The first-order valence-corrected chi connectivity index (χ1v) is 8.52. The van der Waals surface area contributed by atoms with Gasteiger partial charge in [0.2, 0.25) is 10.0 Å². The third-order valence-corrected chi connectivity index (χ3v) is 5.78. The largest absolute Gasteiger partial charge is 0.241 e. The van der Waals surface area contributed by atoms with Crippen molar-refractivity contribution >= 4 is 37.3 Å². The van der Waals surface area contributed by atoms with Gasteiger partial charge in [-0.25, -0.2) is 13.1 Å². The number of thiophene rings is 1. The highest BCUT2D eigenvalue weighted by atomic mass is 79.9. The van der Waals surface area contributed by atoms with Crippen LogP contribution in [0.5, 0.6) is 0 Å². The highest BCUT2D eigenvalue weighted by molar-refractivity contribution is 9.10. The predicted molar refractivity (Wildman–Crippen MR) is 77.4 cm³/mol. The summed E-state index contributed by atoms with van der Waals surface area (Å²) in [5.74, 6) is 0. The summed E-state index contributed by atoms with van der Waals surface area (Å²) in [7, 11) is -3.44. The molecule has 1 aromatic heterocycles. The average Bonchev–Trinajstić information content (AvgIpc) is 2.82. The van der Waals surface area contributed by atoms with Gasteiger partial charge in [0.1, 0.15) is 0 Å². The summed E-state index contributed by atoms with van der Waals surface area (Å²) in [6.45, 7) is 0.407. The Morgan fingerprint density at radius 1 is 1.17 bits per heavy atom. The quantitative estimate of drug-likeness (QED) is 0.905. The Labute approximate surface area is 119 Å². The van der Waals surface area contributed by atoms with Gasteiger partial charge in [0.05, 0.1) is 4.90 Å². The molecule has 18 heavy (non-hydrogen) atoms. The lowest BCUT2D eigenvalue weighted by Crippen LogP contribution is -2.26. The molecule has 0 amide bonds. The van der Waals surface area contributed by atoms with Crippen LogP contribution in [0.15, 0.2) is 51.1 Å². The lowest BCUT2D eigenvalue weighted by molar-refractivity contribution is 0.581. The van der Waals surface area contributed by atoms with E-state index in [1.807, 2.05) is 17.5 Å². The molecular weight excluding hydrogens is 334 g/mol. The van der Waals surface area contributed by atoms with Gasteiger partial charge in [0.15, 0.2) is 0 Å². The number of rotatable bonds is 5. The van der Waals surface area contributed by atoms with Gasteiger partial charge in [-0.3, -0.25) is 0 Å². The van der Waals surface area contributed by atoms with Crippen molar-refractivity contribution < 1.29 is 8.42 Å². The minimum atomic E-state index is -3.44. The zero-order chi connectivity index (χ0) is 13.0. The standard InChI is InChI=1S/C12H12BrNO2S2/c13-11-5-1-2-6-12(11)18(15,16)14-8-7-10-4-3-9-17-10/h1-6,9,14H,7-8H2. The van der Waals surface area contributed by atoms with Crippen LogP contribution in [0.2, 0.25) is 0 Å². The average molecular weight is 346 g/mol. The summed E-state index contributed by atoms with van der Waals surface area (Å²) in [5, 5.41) is 1.98. The van der Waals surface area contributed by atoms with Gasteiger partial charge in [-0.2, -0.15) is 0 Å². The van der Waals surface area contributed by atoms with Crippen molar-refractivity contribution in [1.82, 2.24) is 4.72 Å². The maximum absolute atomic E-state index is 12.0. The molecule has 0 fully saturated rings. The SMILES string of the molecule is O=S(=O)(NCCc1cccs1)c1ccccc1Br. The van der Waals surface area contributed by atoms with Crippen LogP contribution in [0.3, 0.4) is 0 Å². The Morgan fingerprint density at radius 2 is 1.94 bits per heavy atom. The second kappa shape index (κ2) is 5.97. The molecule has 1 N–H and O–H groups in total. The fourth-order valence-electron chi connectivity index (χ4n) is 1.50. The molecular formula is C12H12BrNO2S2. The monoisotopic (exact) mass is 345 g/mol. The smallest absolute Gasteiger partial charge is 0.211 e. The molecule has 0 aliphatic carbocycles. The van der Waals surface area contributed by atoms with Crippen molar-refractivity contribution in [3.8, 4) is 0 Å². The van der Waals surface area contributed by atoms with E-state index >= 15 is 0 Å². The number of hydrogen-bond acceptors (Lipinski definition) is 3. The minimum absolute atomic E-state index is 0.274. The first-order valence-electron chi connectivity index (χ1n) is 5.36. The molecule has 0 unspecified atom stereocenters. The Morgan fingerprint density at radius 3 is 2.61 bits per heavy atom. The van der Waals surface area contributed by atoms with Crippen LogP contribution in [0.25, 0.3) is 0 Å². The van der Waals surface area contributed by atoms with E-state index < -0.39 is 10.0 Å². The van der Waals surface area contributed by atoms with Gasteiger partial charge in [0, 0.05) is 15.9 Å². The highest BCUT2D eigenvalue weighted by Gasteiger charge is 2.16. The molecule has 96 valence electrons. The molecule has 2 aromatic rings. The highest BCUT2D eigenvalue weighted by Crippen LogP contribution is 2.20. The van der Waals surface area contributed by atoms with Crippen LogP contribution in [-0.2, 0) is 16.4 Å². The van der Waals surface area contributed by atoms with E-state index in [1.54, 1.807) is 35.6 Å².